The van der Waals surface area contributed by atoms with Crippen molar-refractivity contribution in [3.63, 3.8) is 0 Å². The molecule has 0 aromatic heterocycles. The van der Waals surface area contributed by atoms with Crippen LogP contribution in [0, 0.1) is 6.92 Å². The number of rotatable bonds is 6. The Morgan fingerprint density at radius 2 is 1.53 bits per heavy atom. The second kappa shape index (κ2) is 11.7. The topological polar surface area (TPSA) is 20.2 Å². The van der Waals surface area contributed by atoms with Crippen LogP contribution in [0.2, 0.25) is 0 Å². The fourth-order valence-corrected chi connectivity index (χ4v) is 1.69. The zero-order chi connectivity index (χ0) is 12.9. The summed E-state index contributed by atoms with van der Waals surface area (Å²) in [5, 5.41) is 8.64. The molecular weight excluding hydrogens is 208 g/mol. The van der Waals surface area contributed by atoms with Crippen molar-refractivity contribution in [3.8, 4) is 0 Å². The van der Waals surface area contributed by atoms with Gasteiger partial charge in [-0.2, -0.15) is 0 Å². The number of aliphatic hydroxyl groups is 1. The Morgan fingerprint density at radius 1 is 0.941 bits per heavy atom. The fourth-order valence-electron chi connectivity index (χ4n) is 1.69. The van der Waals surface area contributed by atoms with Crippen LogP contribution in [0.25, 0.3) is 0 Å². The number of hydrogen-bond acceptors (Lipinski definition) is 1. The molecule has 0 aliphatic carbocycles. The van der Waals surface area contributed by atoms with Gasteiger partial charge in [-0.3, -0.25) is 0 Å². The van der Waals surface area contributed by atoms with Crippen LogP contribution in [0.3, 0.4) is 0 Å². The highest BCUT2D eigenvalue weighted by Gasteiger charge is 1.93. The molecule has 17 heavy (non-hydrogen) atoms. The van der Waals surface area contributed by atoms with E-state index in [0.717, 1.165) is 6.42 Å². The van der Waals surface area contributed by atoms with Gasteiger partial charge in [0, 0.05) is 6.61 Å². The quantitative estimate of drug-likeness (QED) is 0.721. The molecule has 0 bridgehead atoms. The third-order valence-corrected chi connectivity index (χ3v) is 2.85. The van der Waals surface area contributed by atoms with Crippen LogP contribution >= 0.6 is 0 Å². The summed E-state index contributed by atoms with van der Waals surface area (Å²) >= 11 is 0. The molecule has 1 N–H and O–H groups in total. The lowest BCUT2D eigenvalue weighted by Crippen LogP contribution is -1.92. The summed E-state index contributed by atoms with van der Waals surface area (Å²) in [5.41, 5.74) is 2.50. The van der Waals surface area contributed by atoms with Crippen LogP contribution < -0.4 is 0 Å². The minimum Gasteiger partial charge on any atom is -0.396 e. The molecule has 98 valence electrons. The Bertz CT molecular complexity index is 264. The SMILES string of the molecule is CCCCCCC.Cc1ccccc1CCO. The smallest absolute Gasteiger partial charge is 0.0471 e. The van der Waals surface area contributed by atoms with E-state index in [1.54, 1.807) is 0 Å². The molecule has 0 aliphatic heterocycles. The molecule has 0 spiro atoms. The summed E-state index contributed by atoms with van der Waals surface area (Å²) < 4.78 is 0. The highest BCUT2D eigenvalue weighted by molar-refractivity contribution is 5.25. The van der Waals surface area contributed by atoms with Crippen LogP contribution in [-0.4, -0.2) is 11.7 Å². The zero-order valence-corrected chi connectivity index (χ0v) is 11.7. The van der Waals surface area contributed by atoms with Crippen LogP contribution in [0.4, 0.5) is 0 Å². The monoisotopic (exact) mass is 236 g/mol. The Labute approximate surface area is 107 Å². The first-order valence-electron chi connectivity index (χ1n) is 6.91. The molecule has 0 atom stereocenters. The van der Waals surface area contributed by atoms with E-state index < -0.39 is 0 Å². The number of hydrogen-bond donors (Lipinski definition) is 1. The average Bonchev–Trinajstić information content (AvgIpc) is 2.34. The molecule has 0 saturated carbocycles. The second-order valence-corrected chi connectivity index (χ2v) is 4.46. The van der Waals surface area contributed by atoms with Crippen molar-refractivity contribution in [2.75, 3.05) is 6.61 Å². The standard InChI is InChI=1S/C9H12O.C7H16/c1-8-4-2-3-5-9(8)6-7-10;1-3-5-7-6-4-2/h2-5,10H,6-7H2,1H3;3-7H2,1-2H3. The Balaban J connectivity index is 0.000000325. The van der Waals surface area contributed by atoms with Crippen molar-refractivity contribution in [2.24, 2.45) is 0 Å². The van der Waals surface area contributed by atoms with Crippen molar-refractivity contribution in [1.82, 2.24) is 0 Å². The molecule has 0 saturated heterocycles. The van der Waals surface area contributed by atoms with Gasteiger partial charge in [0.25, 0.3) is 0 Å². The molecule has 1 aromatic rings. The zero-order valence-electron chi connectivity index (χ0n) is 11.7. The Morgan fingerprint density at radius 3 is 2.00 bits per heavy atom. The molecule has 0 unspecified atom stereocenters. The Kier molecular flexibility index (Phi) is 11.1. The lowest BCUT2D eigenvalue weighted by molar-refractivity contribution is 0.299. The van der Waals surface area contributed by atoms with Gasteiger partial charge >= 0.3 is 0 Å². The highest BCUT2D eigenvalue weighted by Crippen LogP contribution is 2.06. The van der Waals surface area contributed by atoms with E-state index in [4.69, 9.17) is 5.11 Å². The van der Waals surface area contributed by atoms with Gasteiger partial charge in [-0.15, -0.1) is 0 Å². The molecular formula is C16H28O. The first-order chi connectivity index (χ1) is 8.26. The number of aryl methyl sites for hydroxylation is 1. The van der Waals surface area contributed by atoms with E-state index >= 15 is 0 Å². The number of benzene rings is 1. The van der Waals surface area contributed by atoms with Crippen LogP contribution in [0.15, 0.2) is 24.3 Å². The molecule has 1 nitrogen and oxygen atoms in total. The van der Waals surface area contributed by atoms with Gasteiger partial charge in [-0.1, -0.05) is 70.2 Å². The van der Waals surface area contributed by atoms with Gasteiger partial charge in [-0.25, -0.2) is 0 Å². The van der Waals surface area contributed by atoms with Crippen molar-refractivity contribution >= 4 is 0 Å². The van der Waals surface area contributed by atoms with E-state index in [1.165, 1.54) is 43.2 Å². The van der Waals surface area contributed by atoms with Crippen molar-refractivity contribution in [2.45, 2.75) is 59.3 Å². The molecule has 1 rings (SSSR count). The number of aliphatic hydroxyl groups excluding tert-OH is 1. The van der Waals surface area contributed by atoms with Crippen molar-refractivity contribution in [1.29, 1.82) is 0 Å². The first-order valence-corrected chi connectivity index (χ1v) is 6.91. The maximum atomic E-state index is 8.64. The van der Waals surface area contributed by atoms with Gasteiger partial charge in [0.2, 0.25) is 0 Å². The van der Waals surface area contributed by atoms with E-state index in [0.29, 0.717) is 0 Å². The van der Waals surface area contributed by atoms with E-state index in [9.17, 15) is 0 Å². The number of unbranched alkanes of at least 4 members (excludes halogenated alkanes) is 4. The largest absolute Gasteiger partial charge is 0.396 e. The Hall–Kier alpha value is -0.820. The molecule has 0 radical (unpaired) electrons. The van der Waals surface area contributed by atoms with Crippen molar-refractivity contribution < 1.29 is 5.11 Å². The van der Waals surface area contributed by atoms with Crippen LogP contribution in [0.5, 0.6) is 0 Å². The molecule has 0 amide bonds. The third kappa shape index (κ3) is 8.93. The maximum absolute atomic E-state index is 8.64. The van der Waals surface area contributed by atoms with Gasteiger partial charge in [0.15, 0.2) is 0 Å². The normalized spacial score (nSPS) is 9.65. The third-order valence-electron chi connectivity index (χ3n) is 2.85. The second-order valence-electron chi connectivity index (χ2n) is 4.46. The summed E-state index contributed by atoms with van der Waals surface area (Å²) in [4.78, 5) is 0. The van der Waals surface area contributed by atoms with E-state index in [2.05, 4.69) is 26.8 Å². The highest BCUT2D eigenvalue weighted by atomic mass is 16.2. The lowest BCUT2D eigenvalue weighted by Gasteiger charge is -2.00. The minimum absolute atomic E-state index is 0.241. The van der Waals surface area contributed by atoms with Crippen LogP contribution in [-0.2, 0) is 6.42 Å². The van der Waals surface area contributed by atoms with Gasteiger partial charge in [0.1, 0.15) is 0 Å². The van der Waals surface area contributed by atoms with Gasteiger partial charge < -0.3 is 5.11 Å². The average molecular weight is 236 g/mol. The first kappa shape index (κ1) is 16.2. The minimum atomic E-state index is 0.241. The summed E-state index contributed by atoms with van der Waals surface area (Å²) in [6, 6.07) is 8.12. The predicted octanol–water partition coefficient (Wildman–Crippen LogP) is 4.51. The maximum Gasteiger partial charge on any atom is 0.0471 e. The summed E-state index contributed by atoms with van der Waals surface area (Å²) in [7, 11) is 0. The summed E-state index contributed by atoms with van der Waals surface area (Å²) in [6.07, 6.45) is 7.78. The van der Waals surface area contributed by atoms with E-state index in [-0.39, 0.29) is 6.61 Å². The molecule has 0 heterocycles. The van der Waals surface area contributed by atoms with Gasteiger partial charge in [-0.05, 0) is 24.5 Å². The molecule has 0 fully saturated rings. The molecule has 1 heteroatoms. The molecule has 1 aromatic carbocycles. The summed E-state index contributed by atoms with van der Waals surface area (Å²) in [5.74, 6) is 0. The molecule has 0 aliphatic rings. The van der Waals surface area contributed by atoms with Crippen LogP contribution in [0.1, 0.15) is 57.1 Å². The van der Waals surface area contributed by atoms with Crippen molar-refractivity contribution in [3.05, 3.63) is 35.4 Å². The fraction of sp³-hybridized carbons (Fsp3) is 0.625. The predicted molar refractivity (Wildman–Crippen MR) is 76.4 cm³/mol. The summed E-state index contributed by atoms with van der Waals surface area (Å²) in [6.45, 7) is 6.79. The van der Waals surface area contributed by atoms with E-state index in [1.807, 2.05) is 18.2 Å². The lowest BCUT2D eigenvalue weighted by atomic mass is 10.1. The van der Waals surface area contributed by atoms with Gasteiger partial charge in [0.05, 0.1) is 0 Å².